The number of carbonyl (C=O) groups is 2. The Morgan fingerprint density at radius 3 is 2.50 bits per heavy atom. The Labute approximate surface area is 184 Å². The summed E-state index contributed by atoms with van der Waals surface area (Å²) in [5.74, 6) is -0.942. The molecule has 32 heavy (non-hydrogen) atoms. The van der Waals surface area contributed by atoms with E-state index in [9.17, 15) is 14.0 Å². The molecule has 0 saturated carbocycles. The number of nitrogens with one attached hydrogen (secondary N) is 1. The van der Waals surface area contributed by atoms with Gasteiger partial charge < -0.3 is 14.5 Å². The van der Waals surface area contributed by atoms with Gasteiger partial charge in [0.15, 0.2) is 12.4 Å². The maximum atomic E-state index is 14.0. The van der Waals surface area contributed by atoms with Crippen molar-refractivity contribution in [2.45, 2.75) is 20.3 Å². The Balaban J connectivity index is 1.58. The summed E-state index contributed by atoms with van der Waals surface area (Å²) in [5.41, 5.74) is 2.41. The summed E-state index contributed by atoms with van der Waals surface area (Å²) in [6.07, 6.45) is 0.913. The van der Waals surface area contributed by atoms with Gasteiger partial charge in [-0.15, -0.1) is 0 Å². The van der Waals surface area contributed by atoms with E-state index in [2.05, 4.69) is 12.2 Å². The van der Waals surface area contributed by atoms with Gasteiger partial charge in [-0.05, 0) is 54.8 Å². The first-order chi connectivity index (χ1) is 15.5. The van der Waals surface area contributed by atoms with Crippen LogP contribution in [-0.4, -0.2) is 18.3 Å². The summed E-state index contributed by atoms with van der Waals surface area (Å²) in [6, 6.07) is 18.7. The van der Waals surface area contributed by atoms with Crippen LogP contribution in [0.2, 0.25) is 0 Å². The number of aryl methyl sites for hydroxylation is 2. The molecule has 162 valence electrons. The van der Waals surface area contributed by atoms with Crippen LogP contribution < -0.4 is 10.1 Å². The molecule has 0 atom stereocenters. The molecule has 0 unspecified atom stereocenters. The van der Waals surface area contributed by atoms with Gasteiger partial charge in [0, 0.05) is 10.9 Å². The van der Waals surface area contributed by atoms with E-state index in [4.69, 9.17) is 9.15 Å². The zero-order chi connectivity index (χ0) is 22.7. The molecule has 4 rings (SSSR count). The van der Waals surface area contributed by atoms with E-state index in [-0.39, 0.29) is 23.6 Å². The van der Waals surface area contributed by atoms with Crippen molar-refractivity contribution >= 4 is 28.3 Å². The largest absolute Gasteiger partial charge is 0.484 e. The third kappa shape index (κ3) is 4.39. The second-order valence-corrected chi connectivity index (χ2v) is 7.43. The van der Waals surface area contributed by atoms with Gasteiger partial charge in [0.2, 0.25) is 5.78 Å². The number of para-hydroxylation sites is 1. The van der Waals surface area contributed by atoms with E-state index in [0.717, 1.165) is 6.42 Å². The van der Waals surface area contributed by atoms with Crippen LogP contribution in [0.4, 0.5) is 10.1 Å². The van der Waals surface area contributed by atoms with Crippen LogP contribution in [0, 0.1) is 12.7 Å². The molecule has 0 spiro atoms. The fraction of sp³-hybridized carbons (Fsp3) is 0.154. The number of anilines is 1. The standard InChI is InChI=1S/C26H22FNO4/c1-3-17-9-12-19(13-10-17)31-15-23(29)28-24-20-6-4-5-7-22(20)32-26(24)25(30)18-11-8-16(2)21(27)14-18/h4-14H,3,15H2,1-2H3,(H,28,29). The number of halogens is 1. The third-order valence-corrected chi connectivity index (χ3v) is 5.20. The molecule has 1 heterocycles. The smallest absolute Gasteiger partial charge is 0.262 e. The van der Waals surface area contributed by atoms with Crippen molar-refractivity contribution in [3.05, 3.63) is 95.0 Å². The van der Waals surface area contributed by atoms with Gasteiger partial charge in [0.05, 0.1) is 5.69 Å². The van der Waals surface area contributed by atoms with Crippen LogP contribution in [0.15, 0.2) is 71.1 Å². The van der Waals surface area contributed by atoms with Gasteiger partial charge in [0.25, 0.3) is 5.91 Å². The highest BCUT2D eigenvalue weighted by atomic mass is 19.1. The van der Waals surface area contributed by atoms with Crippen molar-refractivity contribution in [3.63, 3.8) is 0 Å². The maximum absolute atomic E-state index is 14.0. The maximum Gasteiger partial charge on any atom is 0.262 e. The monoisotopic (exact) mass is 431 g/mol. The van der Waals surface area contributed by atoms with Crippen molar-refractivity contribution in [1.29, 1.82) is 0 Å². The van der Waals surface area contributed by atoms with Gasteiger partial charge in [-0.25, -0.2) is 4.39 Å². The number of ketones is 1. The zero-order valence-electron chi connectivity index (χ0n) is 17.8. The van der Waals surface area contributed by atoms with Crippen LogP contribution in [0.25, 0.3) is 11.0 Å². The first kappa shape index (κ1) is 21.3. The van der Waals surface area contributed by atoms with E-state index in [1.54, 1.807) is 43.3 Å². The van der Waals surface area contributed by atoms with Gasteiger partial charge in [-0.1, -0.05) is 43.3 Å². The topological polar surface area (TPSA) is 68.5 Å². The van der Waals surface area contributed by atoms with Crippen molar-refractivity contribution in [2.75, 3.05) is 11.9 Å². The van der Waals surface area contributed by atoms with E-state index >= 15 is 0 Å². The first-order valence-electron chi connectivity index (χ1n) is 10.3. The average Bonchev–Trinajstić information content (AvgIpc) is 3.17. The molecule has 0 aliphatic rings. The van der Waals surface area contributed by atoms with E-state index < -0.39 is 17.5 Å². The lowest BCUT2D eigenvalue weighted by Gasteiger charge is -2.09. The third-order valence-electron chi connectivity index (χ3n) is 5.20. The second kappa shape index (κ2) is 9.06. The van der Waals surface area contributed by atoms with Crippen LogP contribution in [0.5, 0.6) is 5.75 Å². The number of furan rings is 1. The molecule has 0 aliphatic carbocycles. The molecule has 1 amide bonds. The Morgan fingerprint density at radius 1 is 1.03 bits per heavy atom. The lowest BCUT2D eigenvalue weighted by atomic mass is 10.0. The zero-order valence-corrected chi connectivity index (χ0v) is 17.8. The molecule has 6 heteroatoms. The van der Waals surface area contributed by atoms with E-state index in [1.807, 2.05) is 12.1 Å². The molecule has 0 fully saturated rings. The minimum absolute atomic E-state index is 0.0601. The fourth-order valence-corrected chi connectivity index (χ4v) is 3.34. The second-order valence-electron chi connectivity index (χ2n) is 7.43. The summed E-state index contributed by atoms with van der Waals surface area (Å²) < 4.78 is 25.3. The van der Waals surface area contributed by atoms with Crippen molar-refractivity contribution in [2.24, 2.45) is 0 Å². The number of ether oxygens (including phenoxy) is 1. The van der Waals surface area contributed by atoms with E-state index in [0.29, 0.717) is 22.3 Å². The minimum Gasteiger partial charge on any atom is -0.484 e. The molecule has 0 bridgehead atoms. The number of hydrogen-bond donors (Lipinski definition) is 1. The first-order valence-corrected chi connectivity index (χ1v) is 10.3. The SMILES string of the molecule is CCc1ccc(OCC(=O)Nc2c(C(=O)c3ccc(C)c(F)c3)oc3ccccc23)cc1. The molecular formula is C26H22FNO4. The normalized spacial score (nSPS) is 10.8. The van der Waals surface area contributed by atoms with Gasteiger partial charge in [0.1, 0.15) is 17.1 Å². The molecule has 1 aromatic heterocycles. The quantitative estimate of drug-likeness (QED) is 0.382. The fourth-order valence-electron chi connectivity index (χ4n) is 3.34. The summed E-state index contributed by atoms with van der Waals surface area (Å²) >= 11 is 0. The molecule has 3 aromatic carbocycles. The van der Waals surface area contributed by atoms with Crippen LogP contribution >= 0.6 is 0 Å². The molecule has 0 saturated heterocycles. The number of rotatable bonds is 7. The summed E-state index contributed by atoms with van der Waals surface area (Å²) in [4.78, 5) is 25.7. The average molecular weight is 431 g/mol. The minimum atomic E-state index is -0.522. The Hall–Kier alpha value is -3.93. The summed E-state index contributed by atoms with van der Waals surface area (Å²) in [6.45, 7) is 3.44. The highest BCUT2D eigenvalue weighted by molar-refractivity contribution is 6.17. The number of carbonyl (C=O) groups excluding carboxylic acids is 2. The van der Waals surface area contributed by atoms with Crippen molar-refractivity contribution in [3.8, 4) is 5.75 Å². The molecule has 1 N–H and O–H groups in total. The lowest BCUT2D eigenvalue weighted by Crippen LogP contribution is -2.21. The molecule has 5 nitrogen and oxygen atoms in total. The van der Waals surface area contributed by atoms with Crippen LogP contribution in [-0.2, 0) is 11.2 Å². The van der Waals surface area contributed by atoms with Crippen molar-refractivity contribution in [1.82, 2.24) is 0 Å². The predicted octanol–water partition coefficient (Wildman–Crippen LogP) is 5.69. The van der Waals surface area contributed by atoms with Crippen LogP contribution in [0.3, 0.4) is 0 Å². The number of hydrogen-bond acceptors (Lipinski definition) is 4. The number of fused-ring (bicyclic) bond motifs is 1. The Morgan fingerprint density at radius 2 is 1.78 bits per heavy atom. The highest BCUT2D eigenvalue weighted by Gasteiger charge is 2.24. The number of benzene rings is 3. The summed E-state index contributed by atoms with van der Waals surface area (Å²) in [7, 11) is 0. The summed E-state index contributed by atoms with van der Waals surface area (Å²) in [5, 5.41) is 3.30. The predicted molar refractivity (Wildman–Crippen MR) is 121 cm³/mol. The molecule has 4 aromatic rings. The lowest BCUT2D eigenvalue weighted by molar-refractivity contribution is -0.118. The van der Waals surface area contributed by atoms with Gasteiger partial charge >= 0.3 is 0 Å². The van der Waals surface area contributed by atoms with E-state index in [1.165, 1.54) is 23.8 Å². The highest BCUT2D eigenvalue weighted by Crippen LogP contribution is 2.32. The van der Waals surface area contributed by atoms with Gasteiger partial charge in [-0.3, -0.25) is 9.59 Å². The number of amides is 1. The molecule has 0 radical (unpaired) electrons. The van der Waals surface area contributed by atoms with Gasteiger partial charge in [-0.2, -0.15) is 0 Å². The molecule has 0 aliphatic heterocycles. The Bertz CT molecular complexity index is 1290. The van der Waals surface area contributed by atoms with Crippen molar-refractivity contribution < 1.29 is 23.1 Å². The van der Waals surface area contributed by atoms with Crippen LogP contribution in [0.1, 0.15) is 34.2 Å². The molecular weight excluding hydrogens is 409 g/mol. The Kier molecular flexibility index (Phi) is 6.03.